The van der Waals surface area contributed by atoms with Gasteiger partial charge in [-0.1, -0.05) is 0 Å². The normalized spacial score (nSPS) is 16.0. The predicted molar refractivity (Wildman–Crippen MR) is 96.8 cm³/mol. The molecular formula is C18H23N3S. The van der Waals surface area contributed by atoms with Crippen molar-refractivity contribution in [2.24, 2.45) is 0 Å². The van der Waals surface area contributed by atoms with Gasteiger partial charge in [-0.05, 0) is 93.1 Å². The number of aromatic nitrogens is 1. The van der Waals surface area contributed by atoms with Gasteiger partial charge in [0, 0.05) is 27.5 Å². The summed E-state index contributed by atoms with van der Waals surface area (Å²) in [5, 5.41) is 0. The number of H-pyrrole nitrogens is 1. The lowest BCUT2D eigenvalue weighted by molar-refractivity contribution is 1.06. The Bertz CT molecular complexity index is 756. The molecule has 1 aliphatic rings. The van der Waals surface area contributed by atoms with Crippen LogP contribution in [0.15, 0.2) is 23.1 Å². The van der Waals surface area contributed by atoms with Crippen molar-refractivity contribution in [2.45, 2.75) is 38.5 Å². The van der Waals surface area contributed by atoms with Crippen LogP contribution in [0.25, 0.3) is 11.1 Å². The highest BCUT2D eigenvalue weighted by Crippen LogP contribution is 2.41. The molecule has 0 bridgehead atoms. The van der Waals surface area contributed by atoms with Crippen molar-refractivity contribution in [2.75, 3.05) is 12.8 Å². The van der Waals surface area contributed by atoms with Crippen molar-refractivity contribution in [3.8, 4) is 0 Å². The van der Waals surface area contributed by atoms with E-state index >= 15 is 0 Å². The zero-order chi connectivity index (χ0) is 15.9. The third-order valence-corrected chi connectivity index (χ3v) is 5.35. The predicted octanol–water partition coefficient (Wildman–Crippen LogP) is 4.32. The number of rotatable bonds is 3. The Balaban J connectivity index is 2.10. The number of hydrogen-bond donors (Lipinski definition) is 3. The molecule has 22 heavy (non-hydrogen) atoms. The SMILES string of the molecule is CNSc1ccc(N)c(/C(C)=C2\CCc3c2[nH]c(C)c3C)c1. The third kappa shape index (κ3) is 2.46. The van der Waals surface area contributed by atoms with E-state index in [1.54, 1.807) is 11.9 Å². The fourth-order valence-corrected chi connectivity index (χ4v) is 3.84. The fraction of sp³-hybridized carbons (Fsp3) is 0.333. The summed E-state index contributed by atoms with van der Waals surface area (Å²) in [5.41, 5.74) is 16.4. The molecule has 3 rings (SSSR count). The Morgan fingerprint density at radius 3 is 2.77 bits per heavy atom. The van der Waals surface area contributed by atoms with Crippen LogP contribution in [0.4, 0.5) is 5.69 Å². The van der Waals surface area contributed by atoms with Gasteiger partial charge in [-0.15, -0.1) is 0 Å². The molecule has 0 fully saturated rings. The molecule has 116 valence electrons. The van der Waals surface area contributed by atoms with Crippen LogP contribution in [0.3, 0.4) is 0 Å². The number of aromatic amines is 1. The summed E-state index contributed by atoms with van der Waals surface area (Å²) >= 11 is 1.61. The number of anilines is 1. The molecule has 0 aliphatic heterocycles. The van der Waals surface area contributed by atoms with Crippen LogP contribution in [0.1, 0.15) is 41.4 Å². The van der Waals surface area contributed by atoms with Gasteiger partial charge in [-0.3, -0.25) is 4.72 Å². The minimum absolute atomic E-state index is 0.846. The van der Waals surface area contributed by atoms with E-state index in [4.69, 9.17) is 5.73 Å². The molecule has 3 nitrogen and oxygen atoms in total. The first-order chi connectivity index (χ1) is 10.5. The van der Waals surface area contributed by atoms with Gasteiger partial charge < -0.3 is 10.7 Å². The first-order valence-corrected chi connectivity index (χ1v) is 8.46. The van der Waals surface area contributed by atoms with Gasteiger partial charge in [0.25, 0.3) is 0 Å². The van der Waals surface area contributed by atoms with Crippen molar-refractivity contribution in [3.05, 3.63) is 46.3 Å². The average molecular weight is 313 g/mol. The van der Waals surface area contributed by atoms with E-state index in [0.717, 1.165) is 24.1 Å². The molecule has 1 aliphatic carbocycles. The molecule has 0 unspecified atom stereocenters. The van der Waals surface area contributed by atoms with Gasteiger partial charge in [0.05, 0.1) is 0 Å². The molecule has 0 spiro atoms. The summed E-state index contributed by atoms with van der Waals surface area (Å²) in [5.74, 6) is 0. The standard InChI is InChI=1S/C18H23N3S/c1-10-12(3)21-18-14(10)6-7-15(18)11(2)16-9-13(22-20-4)5-8-17(16)19/h5,8-9,20-21H,6-7,19H2,1-4H3/b15-11+. The number of nitrogen functional groups attached to an aromatic ring is 1. The Hall–Kier alpha value is -1.65. The van der Waals surface area contributed by atoms with E-state index in [9.17, 15) is 0 Å². The van der Waals surface area contributed by atoms with E-state index in [0.29, 0.717) is 0 Å². The number of benzene rings is 1. The lowest BCUT2D eigenvalue weighted by atomic mass is 9.98. The lowest BCUT2D eigenvalue weighted by Crippen LogP contribution is -1.97. The number of allylic oxidation sites excluding steroid dienone is 2. The van der Waals surface area contributed by atoms with E-state index in [1.165, 1.54) is 38.6 Å². The molecule has 0 atom stereocenters. The zero-order valence-corrected chi connectivity index (χ0v) is 14.4. The number of hydrogen-bond acceptors (Lipinski definition) is 3. The van der Waals surface area contributed by atoms with Crippen LogP contribution in [0.2, 0.25) is 0 Å². The van der Waals surface area contributed by atoms with Gasteiger partial charge in [-0.25, -0.2) is 0 Å². The number of nitrogens with two attached hydrogens (primary N) is 1. The Kier molecular flexibility index (Phi) is 4.06. The topological polar surface area (TPSA) is 53.8 Å². The van der Waals surface area contributed by atoms with Crippen LogP contribution in [-0.2, 0) is 6.42 Å². The highest BCUT2D eigenvalue weighted by atomic mass is 32.2. The maximum atomic E-state index is 6.24. The van der Waals surface area contributed by atoms with E-state index in [2.05, 4.69) is 42.6 Å². The summed E-state index contributed by atoms with van der Waals surface area (Å²) < 4.78 is 3.12. The lowest BCUT2D eigenvalue weighted by Gasteiger charge is -2.12. The second-order valence-electron chi connectivity index (χ2n) is 5.89. The Morgan fingerprint density at radius 1 is 1.27 bits per heavy atom. The van der Waals surface area contributed by atoms with Crippen molar-refractivity contribution in [1.82, 2.24) is 9.71 Å². The summed E-state index contributed by atoms with van der Waals surface area (Å²) in [4.78, 5) is 4.75. The molecule has 4 N–H and O–H groups in total. The highest BCUT2D eigenvalue weighted by Gasteiger charge is 2.24. The van der Waals surface area contributed by atoms with Crippen molar-refractivity contribution >= 4 is 28.8 Å². The molecule has 1 heterocycles. The summed E-state index contributed by atoms with van der Waals surface area (Å²) in [6, 6.07) is 6.24. The van der Waals surface area contributed by atoms with Crippen LogP contribution in [0, 0.1) is 13.8 Å². The molecule has 1 aromatic carbocycles. The zero-order valence-electron chi connectivity index (χ0n) is 13.6. The monoisotopic (exact) mass is 313 g/mol. The van der Waals surface area contributed by atoms with Crippen LogP contribution < -0.4 is 10.5 Å². The van der Waals surface area contributed by atoms with Crippen LogP contribution >= 0.6 is 11.9 Å². The minimum Gasteiger partial charge on any atom is -0.398 e. The largest absolute Gasteiger partial charge is 0.398 e. The number of nitrogens with one attached hydrogen (secondary N) is 2. The first kappa shape index (κ1) is 15.3. The van der Waals surface area contributed by atoms with Gasteiger partial charge >= 0.3 is 0 Å². The van der Waals surface area contributed by atoms with E-state index in [-0.39, 0.29) is 0 Å². The van der Waals surface area contributed by atoms with Crippen molar-refractivity contribution in [3.63, 3.8) is 0 Å². The van der Waals surface area contributed by atoms with Crippen molar-refractivity contribution in [1.29, 1.82) is 0 Å². The minimum atomic E-state index is 0.846. The molecule has 1 aromatic heterocycles. The molecular weight excluding hydrogens is 290 g/mol. The van der Waals surface area contributed by atoms with E-state index < -0.39 is 0 Å². The fourth-order valence-electron chi connectivity index (χ4n) is 3.29. The maximum absolute atomic E-state index is 6.24. The maximum Gasteiger partial charge on any atom is 0.0453 e. The Labute approximate surface area is 136 Å². The summed E-state index contributed by atoms with van der Waals surface area (Å²) in [7, 11) is 1.93. The quantitative estimate of drug-likeness (QED) is 0.584. The summed E-state index contributed by atoms with van der Waals surface area (Å²) in [6.07, 6.45) is 2.22. The van der Waals surface area contributed by atoms with Crippen LogP contribution in [-0.4, -0.2) is 12.0 Å². The number of fused-ring (bicyclic) bond motifs is 1. The van der Waals surface area contributed by atoms with Gasteiger partial charge in [0.1, 0.15) is 0 Å². The van der Waals surface area contributed by atoms with Crippen molar-refractivity contribution < 1.29 is 0 Å². The smallest absolute Gasteiger partial charge is 0.0453 e. The van der Waals surface area contributed by atoms with Gasteiger partial charge in [0.2, 0.25) is 0 Å². The highest BCUT2D eigenvalue weighted by molar-refractivity contribution is 7.97. The molecule has 0 radical (unpaired) electrons. The molecule has 2 aromatic rings. The second-order valence-corrected chi connectivity index (χ2v) is 6.97. The van der Waals surface area contributed by atoms with E-state index in [1.807, 2.05) is 13.1 Å². The average Bonchev–Trinajstić information content (AvgIpc) is 3.02. The second kappa shape index (κ2) is 5.86. The third-order valence-electron chi connectivity index (χ3n) is 4.66. The number of aryl methyl sites for hydroxylation is 1. The first-order valence-electron chi connectivity index (χ1n) is 7.64. The molecule has 0 saturated carbocycles. The molecule has 4 heteroatoms. The molecule has 0 saturated heterocycles. The van der Waals surface area contributed by atoms with Gasteiger partial charge in [0.15, 0.2) is 0 Å². The summed E-state index contributed by atoms with van der Waals surface area (Å²) in [6.45, 7) is 6.55. The molecule has 0 amide bonds. The Morgan fingerprint density at radius 2 is 2.05 bits per heavy atom. The van der Waals surface area contributed by atoms with Crippen LogP contribution in [0.5, 0.6) is 0 Å². The van der Waals surface area contributed by atoms with Gasteiger partial charge in [-0.2, -0.15) is 0 Å².